The fourth-order valence-electron chi connectivity index (χ4n) is 4.07. The predicted molar refractivity (Wildman–Crippen MR) is 122 cm³/mol. The molecule has 0 unspecified atom stereocenters. The first-order chi connectivity index (χ1) is 15.9. The quantitative estimate of drug-likeness (QED) is 0.623. The average molecular weight is 451 g/mol. The molecule has 33 heavy (non-hydrogen) atoms. The number of benzene rings is 2. The van der Waals surface area contributed by atoms with Crippen molar-refractivity contribution in [3.8, 4) is 11.4 Å². The number of aromatic nitrogens is 2. The molecule has 1 N–H and O–H groups in total. The molecular weight excluding hydrogens is 423 g/mol. The smallest absolute Gasteiger partial charge is 0.253 e. The highest BCUT2D eigenvalue weighted by molar-refractivity contribution is 5.95. The van der Waals surface area contributed by atoms with Crippen LogP contribution in [0.2, 0.25) is 0 Å². The molecule has 1 aromatic heterocycles. The standard InChI is InChI=1S/C25H27FN4O3/c1-17-15-30(16-28-17)22-7-6-19(13-23(22)33-2)24(31)27-14-18-8-10-29(11-9-18)25(32)20-4-3-5-21(26)12-20/h3-7,12-13,15-16,18H,8-11,14H2,1-2H3,(H,27,31). The molecule has 3 aromatic rings. The Morgan fingerprint density at radius 1 is 1.15 bits per heavy atom. The van der Waals surface area contributed by atoms with E-state index in [0.717, 1.165) is 24.2 Å². The number of piperidine rings is 1. The van der Waals surface area contributed by atoms with E-state index in [1.165, 1.54) is 12.1 Å². The molecule has 2 amide bonds. The van der Waals surface area contributed by atoms with Crippen LogP contribution in [0.1, 0.15) is 39.3 Å². The number of likely N-dealkylation sites (tertiary alicyclic amines) is 1. The Morgan fingerprint density at radius 3 is 2.61 bits per heavy atom. The molecule has 172 valence electrons. The summed E-state index contributed by atoms with van der Waals surface area (Å²) in [6.45, 7) is 3.61. The van der Waals surface area contributed by atoms with E-state index in [2.05, 4.69) is 10.3 Å². The van der Waals surface area contributed by atoms with Crippen LogP contribution < -0.4 is 10.1 Å². The molecule has 7 nitrogen and oxygen atoms in total. The van der Waals surface area contributed by atoms with Crippen molar-refractivity contribution in [1.82, 2.24) is 19.8 Å². The Morgan fingerprint density at radius 2 is 1.94 bits per heavy atom. The third-order valence-electron chi connectivity index (χ3n) is 5.96. The zero-order valence-corrected chi connectivity index (χ0v) is 18.8. The summed E-state index contributed by atoms with van der Waals surface area (Å²) in [4.78, 5) is 31.3. The van der Waals surface area contributed by atoms with Gasteiger partial charge in [0.1, 0.15) is 11.6 Å². The van der Waals surface area contributed by atoms with Crippen molar-refractivity contribution in [1.29, 1.82) is 0 Å². The molecule has 1 aliphatic rings. The summed E-state index contributed by atoms with van der Waals surface area (Å²) in [5.41, 5.74) is 2.59. The number of nitrogens with zero attached hydrogens (tertiary/aromatic N) is 3. The number of amides is 2. The molecule has 1 saturated heterocycles. The summed E-state index contributed by atoms with van der Waals surface area (Å²) in [5, 5.41) is 3.00. The molecule has 8 heteroatoms. The lowest BCUT2D eigenvalue weighted by atomic mass is 9.96. The molecule has 2 aromatic carbocycles. The van der Waals surface area contributed by atoms with Crippen molar-refractivity contribution < 1.29 is 18.7 Å². The van der Waals surface area contributed by atoms with Crippen molar-refractivity contribution in [2.45, 2.75) is 19.8 Å². The van der Waals surface area contributed by atoms with Crippen LogP contribution in [-0.2, 0) is 0 Å². The first-order valence-electron chi connectivity index (χ1n) is 11.0. The van der Waals surface area contributed by atoms with Gasteiger partial charge in [0.15, 0.2) is 0 Å². The molecule has 2 heterocycles. The first-order valence-corrected chi connectivity index (χ1v) is 11.0. The minimum absolute atomic E-state index is 0.155. The van der Waals surface area contributed by atoms with Gasteiger partial charge in [0.05, 0.1) is 24.8 Å². The predicted octanol–water partition coefficient (Wildman–Crippen LogP) is 3.61. The highest BCUT2D eigenvalue weighted by atomic mass is 19.1. The molecular formula is C25H27FN4O3. The molecule has 1 aliphatic heterocycles. The van der Waals surface area contributed by atoms with Gasteiger partial charge in [-0.1, -0.05) is 6.07 Å². The van der Waals surface area contributed by atoms with E-state index < -0.39 is 5.82 Å². The summed E-state index contributed by atoms with van der Waals surface area (Å²) in [6, 6.07) is 11.1. The Kier molecular flexibility index (Phi) is 6.72. The number of ether oxygens (including phenoxy) is 1. The molecule has 0 saturated carbocycles. The van der Waals surface area contributed by atoms with E-state index in [-0.39, 0.29) is 17.7 Å². The zero-order valence-electron chi connectivity index (χ0n) is 18.8. The zero-order chi connectivity index (χ0) is 23.4. The second kappa shape index (κ2) is 9.85. The van der Waals surface area contributed by atoms with Gasteiger partial charge >= 0.3 is 0 Å². The van der Waals surface area contributed by atoms with Crippen LogP contribution in [0.3, 0.4) is 0 Å². The number of hydrogen-bond donors (Lipinski definition) is 1. The van der Waals surface area contributed by atoms with Gasteiger partial charge in [0.25, 0.3) is 11.8 Å². The number of halogens is 1. The highest BCUT2D eigenvalue weighted by Gasteiger charge is 2.24. The normalized spacial score (nSPS) is 14.2. The average Bonchev–Trinajstić information content (AvgIpc) is 3.28. The summed E-state index contributed by atoms with van der Waals surface area (Å²) < 4.78 is 20.7. The number of rotatable bonds is 6. The van der Waals surface area contributed by atoms with Gasteiger partial charge in [-0.2, -0.15) is 0 Å². The van der Waals surface area contributed by atoms with E-state index in [9.17, 15) is 14.0 Å². The van der Waals surface area contributed by atoms with Crippen LogP contribution in [-0.4, -0.2) is 53.0 Å². The highest BCUT2D eigenvalue weighted by Crippen LogP contribution is 2.25. The number of carbonyl (C=O) groups is 2. The number of carbonyl (C=O) groups excluding carboxylic acids is 2. The van der Waals surface area contributed by atoms with E-state index in [4.69, 9.17) is 4.74 Å². The third kappa shape index (κ3) is 5.22. The fraction of sp³-hybridized carbons (Fsp3) is 0.320. The number of aryl methyl sites for hydroxylation is 1. The topological polar surface area (TPSA) is 76.5 Å². The molecule has 0 bridgehead atoms. The van der Waals surface area contributed by atoms with Crippen molar-refractivity contribution in [2.24, 2.45) is 5.92 Å². The summed E-state index contributed by atoms with van der Waals surface area (Å²) in [7, 11) is 1.57. The number of hydrogen-bond acceptors (Lipinski definition) is 4. The summed E-state index contributed by atoms with van der Waals surface area (Å²) >= 11 is 0. The van der Waals surface area contributed by atoms with Gasteiger partial charge in [0, 0.05) is 37.0 Å². The van der Waals surface area contributed by atoms with Crippen LogP contribution in [0.15, 0.2) is 55.0 Å². The number of methoxy groups -OCH3 is 1. The van der Waals surface area contributed by atoms with Gasteiger partial charge in [-0.15, -0.1) is 0 Å². The van der Waals surface area contributed by atoms with Gasteiger partial charge in [-0.3, -0.25) is 9.59 Å². The molecule has 0 aliphatic carbocycles. The lowest BCUT2D eigenvalue weighted by Crippen LogP contribution is -2.41. The molecule has 0 atom stereocenters. The fourth-order valence-corrected chi connectivity index (χ4v) is 4.07. The Labute approximate surface area is 192 Å². The SMILES string of the molecule is COc1cc(C(=O)NCC2CCN(C(=O)c3cccc(F)c3)CC2)ccc1-n1cnc(C)c1. The Bertz CT molecular complexity index is 1150. The third-order valence-corrected chi connectivity index (χ3v) is 5.96. The van der Waals surface area contributed by atoms with Gasteiger partial charge in [-0.05, 0) is 62.1 Å². The number of nitrogens with one attached hydrogen (secondary N) is 1. The summed E-state index contributed by atoms with van der Waals surface area (Å²) in [6.07, 6.45) is 5.16. The van der Waals surface area contributed by atoms with Crippen molar-refractivity contribution >= 4 is 11.8 Å². The number of imidazole rings is 1. The lowest BCUT2D eigenvalue weighted by Gasteiger charge is -2.32. The maximum atomic E-state index is 13.4. The van der Waals surface area contributed by atoms with Crippen molar-refractivity contribution in [3.05, 3.63) is 77.6 Å². The Balaban J connectivity index is 1.31. The van der Waals surface area contributed by atoms with Gasteiger partial charge < -0.3 is 19.5 Å². The van der Waals surface area contributed by atoms with Crippen LogP contribution >= 0.6 is 0 Å². The minimum atomic E-state index is -0.414. The maximum Gasteiger partial charge on any atom is 0.253 e. The van der Waals surface area contributed by atoms with E-state index in [1.54, 1.807) is 42.6 Å². The van der Waals surface area contributed by atoms with Crippen LogP contribution in [0, 0.1) is 18.7 Å². The van der Waals surface area contributed by atoms with E-state index in [1.807, 2.05) is 23.8 Å². The minimum Gasteiger partial charge on any atom is -0.495 e. The van der Waals surface area contributed by atoms with Crippen molar-refractivity contribution in [2.75, 3.05) is 26.7 Å². The monoisotopic (exact) mass is 450 g/mol. The van der Waals surface area contributed by atoms with E-state index >= 15 is 0 Å². The van der Waals surface area contributed by atoms with Crippen molar-refractivity contribution in [3.63, 3.8) is 0 Å². The molecule has 1 fully saturated rings. The van der Waals surface area contributed by atoms with Crippen LogP contribution in [0.4, 0.5) is 4.39 Å². The summed E-state index contributed by atoms with van der Waals surface area (Å²) in [5.74, 6) is 0.130. The van der Waals surface area contributed by atoms with Crippen LogP contribution in [0.25, 0.3) is 5.69 Å². The van der Waals surface area contributed by atoms with Gasteiger partial charge in [-0.25, -0.2) is 9.37 Å². The van der Waals surface area contributed by atoms with E-state index in [0.29, 0.717) is 36.5 Å². The van der Waals surface area contributed by atoms with Crippen LogP contribution in [0.5, 0.6) is 5.75 Å². The largest absolute Gasteiger partial charge is 0.495 e. The molecule has 0 spiro atoms. The molecule has 0 radical (unpaired) electrons. The maximum absolute atomic E-state index is 13.4. The van der Waals surface area contributed by atoms with Gasteiger partial charge in [0.2, 0.25) is 0 Å². The second-order valence-corrected chi connectivity index (χ2v) is 8.26. The lowest BCUT2D eigenvalue weighted by molar-refractivity contribution is 0.0684. The second-order valence-electron chi connectivity index (χ2n) is 8.26. The molecule has 4 rings (SSSR count). The Hall–Kier alpha value is -3.68. The first kappa shape index (κ1) is 22.5.